The van der Waals surface area contributed by atoms with Crippen LogP contribution in [0, 0.1) is 13.8 Å². The summed E-state index contributed by atoms with van der Waals surface area (Å²) >= 11 is 5.41. The summed E-state index contributed by atoms with van der Waals surface area (Å²) in [6.45, 7) is 5.78. The van der Waals surface area contributed by atoms with Crippen molar-refractivity contribution in [2.75, 3.05) is 29.0 Å². The van der Waals surface area contributed by atoms with Gasteiger partial charge in [0.05, 0.1) is 0 Å². The van der Waals surface area contributed by atoms with Crippen LogP contribution in [0.1, 0.15) is 36.0 Å². The van der Waals surface area contributed by atoms with Gasteiger partial charge in [-0.05, 0) is 44.7 Å². The van der Waals surface area contributed by atoms with E-state index < -0.39 is 0 Å². The molecule has 1 aromatic heterocycles. The summed E-state index contributed by atoms with van der Waals surface area (Å²) in [5.74, 6) is 0.687. The highest BCUT2D eigenvalue weighted by Gasteiger charge is 2.19. The first-order valence-corrected chi connectivity index (χ1v) is 8.90. The van der Waals surface area contributed by atoms with Gasteiger partial charge in [0.2, 0.25) is 5.95 Å². The molecule has 25 heavy (non-hydrogen) atoms. The van der Waals surface area contributed by atoms with Gasteiger partial charge in [-0.3, -0.25) is 9.78 Å². The lowest BCUT2D eigenvalue weighted by Gasteiger charge is -2.27. The van der Waals surface area contributed by atoms with E-state index >= 15 is 0 Å². The van der Waals surface area contributed by atoms with Crippen molar-refractivity contribution in [3.8, 4) is 0 Å². The second kappa shape index (κ2) is 7.23. The number of aryl methyl sites for hydroxylation is 2. The molecule has 0 saturated carbocycles. The number of nitrogens with two attached hydrogens (primary N) is 1. The molecule has 1 saturated heterocycles. The van der Waals surface area contributed by atoms with Gasteiger partial charge in [0.25, 0.3) is 5.56 Å². The fraction of sp³-hybridized carbons (Fsp3) is 0.389. The van der Waals surface area contributed by atoms with Gasteiger partial charge in [0.15, 0.2) is 0 Å². The second-order valence-electron chi connectivity index (χ2n) is 6.47. The van der Waals surface area contributed by atoms with Crippen LogP contribution >= 0.6 is 12.2 Å². The zero-order valence-corrected chi connectivity index (χ0v) is 15.4. The Bertz CT molecular complexity index is 855. The van der Waals surface area contributed by atoms with Gasteiger partial charge in [0, 0.05) is 18.8 Å². The van der Waals surface area contributed by atoms with Crippen LogP contribution in [-0.2, 0) is 0 Å². The number of nitrogens with zero attached hydrogens (tertiary/aromatic N) is 2. The van der Waals surface area contributed by atoms with Gasteiger partial charge < -0.3 is 16.0 Å². The highest BCUT2D eigenvalue weighted by Crippen LogP contribution is 2.19. The molecule has 0 atom stereocenters. The molecule has 1 aromatic carbocycles. The number of aromatic amines is 1. The molecule has 0 radical (unpaired) electrons. The summed E-state index contributed by atoms with van der Waals surface area (Å²) in [5.41, 5.74) is 9.04. The molecule has 0 aliphatic carbocycles. The molecule has 2 aromatic rings. The monoisotopic (exact) mass is 357 g/mol. The van der Waals surface area contributed by atoms with Crippen LogP contribution in [0.15, 0.2) is 23.0 Å². The Morgan fingerprint density at radius 1 is 1.28 bits per heavy atom. The van der Waals surface area contributed by atoms with E-state index in [-0.39, 0.29) is 21.9 Å². The lowest BCUT2D eigenvalue weighted by molar-refractivity contribution is 0.568. The summed E-state index contributed by atoms with van der Waals surface area (Å²) in [4.78, 5) is 22.1. The molecule has 1 fully saturated rings. The van der Waals surface area contributed by atoms with Crippen LogP contribution in [0.5, 0.6) is 0 Å². The van der Waals surface area contributed by atoms with E-state index in [1.807, 2.05) is 26.0 Å². The van der Waals surface area contributed by atoms with Gasteiger partial charge in [-0.2, -0.15) is 4.98 Å². The average Bonchev–Trinajstić information content (AvgIpc) is 2.57. The molecule has 3 rings (SSSR count). The third-order valence-corrected chi connectivity index (χ3v) is 4.75. The number of hydrogen-bond acceptors (Lipinski definition) is 5. The first-order valence-electron chi connectivity index (χ1n) is 8.49. The fourth-order valence-corrected chi connectivity index (χ4v) is 3.40. The molecule has 0 bridgehead atoms. The Balaban J connectivity index is 1.86. The number of H-pyrrole nitrogens is 1. The van der Waals surface area contributed by atoms with Crippen molar-refractivity contribution in [3.05, 3.63) is 45.2 Å². The van der Waals surface area contributed by atoms with E-state index in [4.69, 9.17) is 18.0 Å². The highest BCUT2D eigenvalue weighted by molar-refractivity contribution is 7.81. The van der Waals surface area contributed by atoms with E-state index in [9.17, 15) is 4.79 Å². The molecular weight excluding hydrogens is 334 g/mol. The largest absolute Gasteiger partial charge is 0.383 e. The zero-order chi connectivity index (χ0) is 18.0. The lowest BCUT2D eigenvalue weighted by Crippen LogP contribution is -2.34. The average molecular weight is 357 g/mol. The topological polar surface area (TPSA) is 87.0 Å². The Morgan fingerprint density at radius 3 is 2.64 bits per heavy atom. The molecule has 6 nitrogen and oxygen atoms in total. The number of rotatable bonds is 3. The summed E-state index contributed by atoms with van der Waals surface area (Å²) in [6.07, 6.45) is 3.40. The fourth-order valence-electron chi connectivity index (χ4n) is 3.09. The Labute approximate surface area is 152 Å². The Hall–Kier alpha value is -2.41. The van der Waals surface area contributed by atoms with Crippen molar-refractivity contribution >= 4 is 34.7 Å². The summed E-state index contributed by atoms with van der Waals surface area (Å²) in [7, 11) is 0. The number of benzene rings is 1. The van der Waals surface area contributed by atoms with E-state index in [1.54, 1.807) is 0 Å². The van der Waals surface area contributed by atoms with Gasteiger partial charge >= 0.3 is 0 Å². The normalized spacial score (nSPS) is 14.4. The van der Waals surface area contributed by atoms with Gasteiger partial charge in [-0.15, -0.1) is 0 Å². The van der Waals surface area contributed by atoms with Crippen molar-refractivity contribution in [2.45, 2.75) is 33.1 Å². The minimum atomic E-state index is -0.310. The smallest absolute Gasteiger partial charge is 0.264 e. The maximum Gasteiger partial charge on any atom is 0.264 e. The van der Waals surface area contributed by atoms with Crippen LogP contribution < -0.4 is 21.5 Å². The first kappa shape index (κ1) is 17.4. The standard InChI is InChI=1S/C18H23N5OS/c1-11-6-7-13(12(2)10-11)20-17(25)14-15(19)21-18(22-16(14)24)23-8-4-3-5-9-23/h6-7,10H,3-5,8-9H2,1-2H3,(H,20,25)(H3,19,21,22,24). The van der Waals surface area contributed by atoms with Gasteiger partial charge in [-0.1, -0.05) is 29.9 Å². The van der Waals surface area contributed by atoms with Crippen LogP contribution in [0.2, 0.25) is 0 Å². The second-order valence-corrected chi connectivity index (χ2v) is 6.88. The van der Waals surface area contributed by atoms with E-state index in [1.165, 1.54) is 12.0 Å². The van der Waals surface area contributed by atoms with Crippen LogP contribution in [-0.4, -0.2) is 28.0 Å². The molecule has 4 N–H and O–H groups in total. The minimum absolute atomic E-state index is 0.159. The predicted molar refractivity (Wildman–Crippen MR) is 107 cm³/mol. The Kier molecular flexibility index (Phi) is 5.03. The summed E-state index contributed by atoms with van der Waals surface area (Å²) < 4.78 is 0. The van der Waals surface area contributed by atoms with Crippen molar-refractivity contribution in [2.24, 2.45) is 0 Å². The SMILES string of the molecule is Cc1ccc(NC(=S)c2c(N)nc(N3CCCCC3)[nH]c2=O)c(C)c1. The van der Waals surface area contributed by atoms with Crippen LogP contribution in [0.25, 0.3) is 0 Å². The van der Waals surface area contributed by atoms with E-state index in [2.05, 4.69) is 26.3 Å². The highest BCUT2D eigenvalue weighted by atomic mass is 32.1. The number of aromatic nitrogens is 2. The zero-order valence-electron chi connectivity index (χ0n) is 14.6. The maximum atomic E-state index is 12.5. The number of piperidine rings is 1. The quantitative estimate of drug-likeness (QED) is 0.732. The van der Waals surface area contributed by atoms with Crippen molar-refractivity contribution < 1.29 is 0 Å². The predicted octanol–water partition coefficient (Wildman–Crippen LogP) is 2.75. The molecule has 0 unspecified atom stereocenters. The summed E-state index contributed by atoms with van der Waals surface area (Å²) in [6, 6.07) is 5.98. The number of nitrogen functional groups attached to an aromatic ring is 1. The molecule has 132 valence electrons. The third kappa shape index (κ3) is 3.82. The molecular formula is C18H23N5OS. The number of hydrogen-bond donors (Lipinski definition) is 3. The maximum absolute atomic E-state index is 12.5. The van der Waals surface area contributed by atoms with Crippen molar-refractivity contribution in [1.29, 1.82) is 0 Å². The Morgan fingerprint density at radius 2 is 2.00 bits per heavy atom. The third-order valence-electron chi connectivity index (χ3n) is 4.45. The molecule has 2 heterocycles. The molecule has 7 heteroatoms. The summed E-state index contributed by atoms with van der Waals surface area (Å²) in [5, 5.41) is 3.11. The molecule has 0 amide bonds. The first-order chi connectivity index (χ1) is 12.0. The molecule has 1 aliphatic rings. The van der Waals surface area contributed by atoms with Crippen molar-refractivity contribution in [1.82, 2.24) is 9.97 Å². The molecule has 1 aliphatic heterocycles. The van der Waals surface area contributed by atoms with E-state index in [0.29, 0.717) is 5.95 Å². The number of thiocarbonyl (C=S) groups is 1. The van der Waals surface area contributed by atoms with E-state index in [0.717, 1.165) is 37.2 Å². The van der Waals surface area contributed by atoms with Crippen molar-refractivity contribution in [3.63, 3.8) is 0 Å². The van der Waals surface area contributed by atoms with Gasteiger partial charge in [0.1, 0.15) is 16.4 Å². The molecule has 0 spiro atoms. The number of nitrogens with one attached hydrogen (secondary N) is 2. The van der Waals surface area contributed by atoms with Crippen LogP contribution in [0.3, 0.4) is 0 Å². The van der Waals surface area contributed by atoms with Gasteiger partial charge in [-0.25, -0.2) is 0 Å². The van der Waals surface area contributed by atoms with Crippen LogP contribution in [0.4, 0.5) is 17.5 Å². The lowest BCUT2D eigenvalue weighted by atomic mass is 10.1. The number of anilines is 3. The minimum Gasteiger partial charge on any atom is -0.383 e.